The Balaban J connectivity index is 2.11. The summed E-state index contributed by atoms with van der Waals surface area (Å²) in [6.45, 7) is 6.93. The molecule has 1 amide bonds. The average molecular weight is 212 g/mol. The van der Waals surface area contributed by atoms with Gasteiger partial charge in [-0.15, -0.1) is 0 Å². The Morgan fingerprint density at radius 2 is 2.27 bits per heavy atom. The lowest BCUT2D eigenvalue weighted by atomic mass is 10.1. The van der Waals surface area contributed by atoms with Gasteiger partial charge in [0.2, 0.25) is 5.91 Å². The van der Waals surface area contributed by atoms with Gasteiger partial charge in [-0.1, -0.05) is 6.92 Å². The minimum absolute atomic E-state index is 0.00722. The van der Waals surface area contributed by atoms with E-state index in [2.05, 4.69) is 19.2 Å². The molecule has 0 radical (unpaired) electrons. The van der Waals surface area contributed by atoms with E-state index in [1.54, 1.807) is 0 Å². The molecule has 2 fully saturated rings. The van der Waals surface area contributed by atoms with Crippen LogP contribution >= 0.6 is 0 Å². The molecule has 4 nitrogen and oxygen atoms in total. The van der Waals surface area contributed by atoms with Crippen LogP contribution in [0.25, 0.3) is 0 Å². The monoisotopic (exact) mass is 212 g/mol. The molecule has 0 aromatic carbocycles. The van der Waals surface area contributed by atoms with E-state index >= 15 is 0 Å². The predicted molar refractivity (Wildman–Crippen MR) is 57.3 cm³/mol. The lowest BCUT2D eigenvalue weighted by Crippen LogP contribution is -2.46. The second-order valence-electron chi connectivity index (χ2n) is 4.48. The van der Waals surface area contributed by atoms with Crippen LogP contribution in [-0.2, 0) is 9.53 Å². The zero-order chi connectivity index (χ0) is 11.0. The Morgan fingerprint density at radius 1 is 1.53 bits per heavy atom. The average Bonchev–Trinajstić information content (AvgIpc) is 2.71. The molecule has 0 bridgehead atoms. The van der Waals surface area contributed by atoms with Crippen molar-refractivity contribution < 1.29 is 9.53 Å². The maximum atomic E-state index is 12.1. The van der Waals surface area contributed by atoms with Gasteiger partial charge in [0.25, 0.3) is 0 Å². The van der Waals surface area contributed by atoms with Gasteiger partial charge in [0.15, 0.2) is 0 Å². The van der Waals surface area contributed by atoms with Gasteiger partial charge in [-0.3, -0.25) is 10.1 Å². The maximum Gasteiger partial charge on any atom is 0.241 e. The van der Waals surface area contributed by atoms with E-state index in [-0.39, 0.29) is 30.3 Å². The van der Waals surface area contributed by atoms with E-state index in [0.717, 1.165) is 19.4 Å². The van der Waals surface area contributed by atoms with E-state index in [4.69, 9.17) is 4.74 Å². The fraction of sp³-hybridized carbons (Fsp3) is 0.909. The number of nitrogens with one attached hydrogen (secondary N) is 1. The Labute approximate surface area is 91.0 Å². The first-order valence-electron chi connectivity index (χ1n) is 5.85. The first-order chi connectivity index (χ1) is 7.15. The molecule has 15 heavy (non-hydrogen) atoms. The van der Waals surface area contributed by atoms with Crippen molar-refractivity contribution in [1.29, 1.82) is 0 Å². The van der Waals surface area contributed by atoms with Crippen molar-refractivity contribution in [3.05, 3.63) is 0 Å². The second-order valence-corrected chi connectivity index (χ2v) is 4.48. The Bertz CT molecular complexity index is 257. The van der Waals surface area contributed by atoms with Crippen LogP contribution in [0.5, 0.6) is 0 Å². The zero-order valence-electron chi connectivity index (χ0n) is 9.69. The molecule has 0 aromatic rings. The summed E-state index contributed by atoms with van der Waals surface area (Å²) in [5.41, 5.74) is 0. The Hall–Kier alpha value is -0.610. The van der Waals surface area contributed by atoms with Gasteiger partial charge in [0.1, 0.15) is 0 Å². The molecule has 86 valence electrons. The van der Waals surface area contributed by atoms with Crippen molar-refractivity contribution in [3.8, 4) is 0 Å². The van der Waals surface area contributed by atoms with Gasteiger partial charge in [-0.05, 0) is 26.7 Å². The highest BCUT2D eigenvalue weighted by atomic mass is 16.5. The van der Waals surface area contributed by atoms with Gasteiger partial charge in [0.05, 0.1) is 24.4 Å². The van der Waals surface area contributed by atoms with E-state index in [1.165, 1.54) is 0 Å². The molecule has 2 saturated heterocycles. The summed E-state index contributed by atoms with van der Waals surface area (Å²) in [6, 6.07) is 0.268. The molecule has 4 unspecified atom stereocenters. The fourth-order valence-electron chi connectivity index (χ4n) is 2.64. The van der Waals surface area contributed by atoms with Crippen molar-refractivity contribution in [2.24, 2.45) is 0 Å². The third kappa shape index (κ3) is 1.76. The quantitative estimate of drug-likeness (QED) is 0.733. The Kier molecular flexibility index (Phi) is 2.98. The molecule has 4 atom stereocenters. The summed E-state index contributed by atoms with van der Waals surface area (Å²) in [5, 5.41) is 3.32. The van der Waals surface area contributed by atoms with Crippen LogP contribution < -0.4 is 5.32 Å². The second kappa shape index (κ2) is 4.10. The van der Waals surface area contributed by atoms with Crippen molar-refractivity contribution >= 4 is 5.91 Å². The predicted octanol–water partition coefficient (Wildman–Crippen LogP) is 0.720. The van der Waals surface area contributed by atoms with Crippen molar-refractivity contribution in [3.63, 3.8) is 0 Å². The number of nitrogens with zero attached hydrogens (tertiary/aromatic N) is 1. The van der Waals surface area contributed by atoms with Gasteiger partial charge >= 0.3 is 0 Å². The SMILES string of the molecule is CCC1NC(C)N(C2CCOC2C)C1=O. The van der Waals surface area contributed by atoms with Crippen LogP contribution in [0.3, 0.4) is 0 Å². The highest BCUT2D eigenvalue weighted by Crippen LogP contribution is 2.25. The number of hydrogen-bond donors (Lipinski definition) is 1. The molecule has 2 heterocycles. The van der Waals surface area contributed by atoms with Crippen molar-refractivity contribution in [1.82, 2.24) is 10.2 Å². The highest BCUT2D eigenvalue weighted by molar-refractivity contribution is 5.84. The lowest BCUT2D eigenvalue weighted by molar-refractivity contribution is -0.133. The third-order valence-electron chi connectivity index (χ3n) is 3.51. The largest absolute Gasteiger partial charge is 0.376 e. The first-order valence-corrected chi connectivity index (χ1v) is 5.85. The van der Waals surface area contributed by atoms with Crippen LogP contribution in [0.15, 0.2) is 0 Å². The topological polar surface area (TPSA) is 41.6 Å². The molecular formula is C11H20N2O2. The molecule has 4 heteroatoms. The summed E-state index contributed by atoms with van der Waals surface area (Å²) in [7, 11) is 0. The number of carbonyl (C=O) groups excluding carboxylic acids is 1. The van der Waals surface area contributed by atoms with Gasteiger partial charge in [-0.25, -0.2) is 0 Å². The minimum Gasteiger partial charge on any atom is -0.376 e. The number of hydrogen-bond acceptors (Lipinski definition) is 3. The van der Waals surface area contributed by atoms with Crippen molar-refractivity contribution in [2.75, 3.05) is 6.61 Å². The maximum absolute atomic E-state index is 12.1. The van der Waals surface area contributed by atoms with Crippen molar-refractivity contribution in [2.45, 2.75) is 58.0 Å². The third-order valence-corrected chi connectivity index (χ3v) is 3.51. The zero-order valence-corrected chi connectivity index (χ0v) is 9.69. The van der Waals surface area contributed by atoms with Crippen LogP contribution in [0.2, 0.25) is 0 Å². The molecule has 0 aliphatic carbocycles. The summed E-state index contributed by atoms with van der Waals surface area (Å²) in [4.78, 5) is 14.1. The van der Waals surface area contributed by atoms with Crippen LogP contribution in [0.1, 0.15) is 33.6 Å². The molecular weight excluding hydrogens is 192 g/mol. The highest BCUT2D eigenvalue weighted by Gasteiger charge is 2.42. The number of rotatable bonds is 2. The fourth-order valence-corrected chi connectivity index (χ4v) is 2.64. The van der Waals surface area contributed by atoms with Gasteiger partial charge < -0.3 is 9.64 Å². The summed E-state index contributed by atoms with van der Waals surface area (Å²) < 4.78 is 5.52. The molecule has 0 aromatic heterocycles. The molecule has 0 saturated carbocycles. The van der Waals surface area contributed by atoms with Crippen LogP contribution in [0.4, 0.5) is 0 Å². The molecule has 0 spiro atoms. The van der Waals surface area contributed by atoms with E-state index in [0.29, 0.717) is 0 Å². The van der Waals surface area contributed by atoms with Gasteiger partial charge in [-0.2, -0.15) is 0 Å². The minimum atomic E-state index is 0.00722. The smallest absolute Gasteiger partial charge is 0.241 e. The van der Waals surface area contributed by atoms with E-state index in [9.17, 15) is 4.79 Å². The van der Waals surface area contributed by atoms with Crippen LogP contribution in [-0.4, -0.2) is 41.8 Å². The lowest BCUT2D eigenvalue weighted by Gasteiger charge is -2.29. The molecule has 2 aliphatic rings. The molecule has 2 aliphatic heterocycles. The van der Waals surface area contributed by atoms with E-state index < -0.39 is 0 Å². The number of carbonyl (C=O) groups is 1. The van der Waals surface area contributed by atoms with E-state index in [1.807, 2.05) is 11.8 Å². The van der Waals surface area contributed by atoms with Gasteiger partial charge in [0, 0.05) is 6.61 Å². The first kappa shape index (κ1) is 10.9. The normalized spacial score (nSPS) is 41.5. The standard InChI is InChI=1S/C11H20N2O2/c1-4-9-11(14)13(8(3)12-9)10-5-6-15-7(10)2/h7-10,12H,4-6H2,1-3H3. The molecule has 1 N–H and O–H groups in total. The summed E-state index contributed by atoms with van der Waals surface area (Å²) in [6.07, 6.45) is 2.15. The Morgan fingerprint density at radius 3 is 2.73 bits per heavy atom. The van der Waals surface area contributed by atoms with Crippen LogP contribution in [0, 0.1) is 0 Å². The number of amides is 1. The summed E-state index contributed by atoms with van der Waals surface area (Å²) in [5.74, 6) is 0.243. The molecule has 2 rings (SSSR count). The summed E-state index contributed by atoms with van der Waals surface area (Å²) >= 11 is 0. The number of ether oxygens (including phenoxy) is 1.